The largest absolute Gasteiger partial charge is 0.493 e. The van der Waals surface area contributed by atoms with Gasteiger partial charge in [0.15, 0.2) is 17.3 Å². The van der Waals surface area contributed by atoms with E-state index in [0.29, 0.717) is 36.5 Å². The molecule has 0 fully saturated rings. The summed E-state index contributed by atoms with van der Waals surface area (Å²) in [5.41, 5.74) is 1.66. The van der Waals surface area contributed by atoms with E-state index in [-0.39, 0.29) is 11.9 Å². The van der Waals surface area contributed by atoms with E-state index in [1.807, 2.05) is 16.7 Å². The Morgan fingerprint density at radius 1 is 1.14 bits per heavy atom. The van der Waals surface area contributed by atoms with Crippen molar-refractivity contribution in [3.63, 3.8) is 0 Å². The molecule has 2 heterocycles. The predicted molar refractivity (Wildman–Crippen MR) is 105 cm³/mol. The van der Waals surface area contributed by atoms with E-state index >= 15 is 0 Å². The van der Waals surface area contributed by atoms with Gasteiger partial charge in [0.1, 0.15) is 12.4 Å². The Labute approximate surface area is 169 Å². The fraction of sp³-hybridized carbons (Fsp3) is 0.263. The minimum atomic E-state index is -0.280. The molecule has 0 saturated carbocycles. The van der Waals surface area contributed by atoms with Gasteiger partial charge in [0.2, 0.25) is 5.95 Å². The smallest absolute Gasteiger partial charge is 0.229 e. The minimum absolute atomic E-state index is 0.166. The highest BCUT2D eigenvalue weighted by Crippen LogP contribution is 2.38. The summed E-state index contributed by atoms with van der Waals surface area (Å²) >= 11 is 3.54. The van der Waals surface area contributed by atoms with Gasteiger partial charge in [0.05, 0.1) is 32.6 Å². The Bertz CT molecular complexity index is 994. The molecule has 1 aliphatic rings. The maximum absolute atomic E-state index is 13.3. The third kappa shape index (κ3) is 3.43. The number of halogens is 2. The van der Waals surface area contributed by atoms with Crippen molar-refractivity contribution in [3.05, 3.63) is 58.1 Å². The third-order valence-electron chi connectivity index (χ3n) is 4.56. The molecular weight excluding hydrogens is 431 g/mol. The van der Waals surface area contributed by atoms with E-state index in [2.05, 4.69) is 31.4 Å². The molecule has 0 radical (unpaired) electrons. The van der Waals surface area contributed by atoms with Crippen LogP contribution in [0.5, 0.6) is 11.5 Å². The molecule has 9 heteroatoms. The fourth-order valence-electron chi connectivity index (χ4n) is 3.17. The maximum Gasteiger partial charge on any atom is 0.229 e. The lowest BCUT2D eigenvalue weighted by atomic mass is 10.1. The van der Waals surface area contributed by atoms with Gasteiger partial charge in [0, 0.05) is 16.6 Å². The molecule has 0 spiro atoms. The second-order valence-corrected chi connectivity index (χ2v) is 7.06. The topological polar surface area (TPSA) is 70.4 Å². The lowest BCUT2D eigenvalue weighted by Gasteiger charge is -2.27. The van der Waals surface area contributed by atoms with Crippen molar-refractivity contribution in [1.29, 1.82) is 0 Å². The Morgan fingerprint density at radius 2 is 1.86 bits per heavy atom. The Kier molecular flexibility index (Phi) is 5.19. The lowest BCUT2D eigenvalue weighted by molar-refractivity contribution is 0.0670. The van der Waals surface area contributed by atoms with Crippen LogP contribution in [-0.2, 0) is 11.3 Å². The zero-order valence-corrected chi connectivity index (χ0v) is 16.9. The number of hydrogen-bond acceptors (Lipinski definition) is 6. The molecular formula is C19H18BrFN4O3. The summed E-state index contributed by atoms with van der Waals surface area (Å²) in [6.45, 7) is 0.804. The second kappa shape index (κ2) is 7.76. The maximum atomic E-state index is 13.3. The van der Waals surface area contributed by atoms with Crippen LogP contribution >= 0.6 is 15.9 Å². The summed E-state index contributed by atoms with van der Waals surface area (Å²) in [7, 11) is 3.16. The highest BCUT2D eigenvalue weighted by molar-refractivity contribution is 9.10. The normalized spacial score (nSPS) is 15.8. The number of aromatic nitrogens is 3. The van der Waals surface area contributed by atoms with Gasteiger partial charge in [-0.3, -0.25) is 4.57 Å². The quantitative estimate of drug-likeness (QED) is 0.634. The molecule has 146 valence electrons. The number of methoxy groups -OCH3 is 2. The Balaban J connectivity index is 1.71. The van der Waals surface area contributed by atoms with Gasteiger partial charge in [-0.2, -0.15) is 0 Å². The molecule has 7 nitrogen and oxygen atoms in total. The molecule has 4 rings (SSSR count). The third-order valence-corrected chi connectivity index (χ3v) is 5.22. The summed E-state index contributed by atoms with van der Waals surface area (Å²) in [6, 6.07) is 9.83. The van der Waals surface area contributed by atoms with E-state index in [1.165, 1.54) is 12.1 Å². The van der Waals surface area contributed by atoms with Crippen LogP contribution in [0.25, 0.3) is 0 Å². The van der Waals surface area contributed by atoms with Gasteiger partial charge in [-0.05, 0) is 33.6 Å². The van der Waals surface area contributed by atoms with E-state index < -0.39 is 0 Å². The van der Waals surface area contributed by atoms with Gasteiger partial charge in [-0.1, -0.05) is 12.1 Å². The van der Waals surface area contributed by atoms with E-state index in [1.54, 1.807) is 26.4 Å². The van der Waals surface area contributed by atoms with Crippen LogP contribution in [0.2, 0.25) is 0 Å². The fourth-order valence-corrected chi connectivity index (χ4v) is 3.59. The van der Waals surface area contributed by atoms with E-state index in [0.717, 1.165) is 15.7 Å². The number of hydrogen-bond donors (Lipinski definition) is 1. The molecule has 0 aliphatic carbocycles. The van der Waals surface area contributed by atoms with Crippen LogP contribution in [0.15, 0.2) is 40.9 Å². The molecule has 1 aliphatic heterocycles. The summed E-state index contributed by atoms with van der Waals surface area (Å²) in [5, 5.41) is 11.8. The van der Waals surface area contributed by atoms with Crippen LogP contribution in [0.1, 0.15) is 17.4 Å². The molecule has 1 aromatic heterocycles. The average Bonchev–Trinajstić information content (AvgIpc) is 3.13. The number of ether oxygens (including phenoxy) is 3. The van der Waals surface area contributed by atoms with Crippen LogP contribution in [0.4, 0.5) is 16.0 Å². The van der Waals surface area contributed by atoms with E-state index in [9.17, 15) is 4.39 Å². The summed E-state index contributed by atoms with van der Waals surface area (Å²) in [6.07, 6.45) is 0. The van der Waals surface area contributed by atoms with Gasteiger partial charge in [-0.25, -0.2) is 4.39 Å². The van der Waals surface area contributed by atoms with Crippen molar-refractivity contribution in [2.75, 3.05) is 26.1 Å². The summed E-state index contributed by atoms with van der Waals surface area (Å²) in [5.74, 6) is 2.17. The average molecular weight is 449 g/mol. The Hall–Kier alpha value is -2.65. The number of rotatable bonds is 5. The number of nitrogens with one attached hydrogen (secondary N) is 1. The molecule has 1 N–H and O–H groups in total. The van der Waals surface area contributed by atoms with Crippen LogP contribution < -0.4 is 14.8 Å². The highest BCUT2D eigenvalue weighted by Gasteiger charge is 2.27. The first kappa shape index (κ1) is 18.7. The monoisotopic (exact) mass is 448 g/mol. The van der Waals surface area contributed by atoms with Crippen molar-refractivity contribution < 1.29 is 18.6 Å². The van der Waals surface area contributed by atoms with Crippen molar-refractivity contribution in [1.82, 2.24) is 14.8 Å². The van der Waals surface area contributed by atoms with Gasteiger partial charge >= 0.3 is 0 Å². The Morgan fingerprint density at radius 3 is 2.57 bits per heavy atom. The van der Waals surface area contributed by atoms with Crippen LogP contribution in [0, 0.1) is 5.82 Å². The number of anilines is 2. The standard InChI is InChI=1S/C19H18BrFN4O3/c1-26-16-7-13(20)14(8-17(16)27-2)22-19-24-23-18-10-28-9-15(25(18)19)11-3-5-12(21)6-4-11/h3-8,15H,9-10H2,1-2H3,(H,22,24)/t15-/m1/s1. The van der Waals surface area contributed by atoms with Crippen LogP contribution in [0.3, 0.4) is 0 Å². The van der Waals surface area contributed by atoms with Crippen molar-refractivity contribution >= 4 is 27.6 Å². The molecule has 3 aromatic rings. The SMILES string of the molecule is COc1cc(Br)c(Nc2nnc3n2[C@@H](c2ccc(F)cc2)COC3)cc1OC. The molecule has 28 heavy (non-hydrogen) atoms. The first-order valence-corrected chi connectivity index (χ1v) is 9.35. The number of fused-ring (bicyclic) bond motifs is 1. The van der Waals surface area contributed by atoms with Gasteiger partial charge in [0.25, 0.3) is 0 Å². The second-order valence-electron chi connectivity index (χ2n) is 6.20. The minimum Gasteiger partial charge on any atom is -0.493 e. The van der Waals surface area contributed by atoms with Gasteiger partial charge in [-0.15, -0.1) is 10.2 Å². The zero-order chi connectivity index (χ0) is 19.7. The summed E-state index contributed by atoms with van der Waals surface area (Å²) < 4.78 is 32.4. The van der Waals surface area contributed by atoms with Crippen molar-refractivity contribution in [2.24, 2.45) is 0 Å². The molecule has 2 aromatic carbocycles. The van der Waals surface area contributed by atoms with Crippen molar-refractivity contribution in [3.8, 4) is 11.5 Å². The molecule has 0 saturated heterocycles. The van der Waals surface area contributed by atoms with Crippen molar-refractivity contribution in [2.45, 2.75) is 12.6 Å². The molecule has 0 amide bonds. The highest BCUT2D eigenvalue weighted by atomic mass is 79.9. The first-order valence-electron chi connectivity index (χ1n) is 8.56. The first-order chi connectivity index (χ1) is 13.6. The predicted octanol–water partition coefficient (Wildman–Crippen LogP) is 4.06. The lowest BCUT2D eigenvalue weighted by Crippen LogP contribution is -2.25. The molecule has 0 unspecified atom stereocenters. The number of benzene rings is 2. The molecule has 0 bridgehead atoms. The van der Waals surface area contributed by atoms with Gasteiger partial charge < -0.3 is 19.5 Å². The molecule has 1 atom stereocenters. The van der Waals surface area contributed by atoms with E-state index in [4.69, 9.17) is 14.2 Å². The van der Waals surface area contributed by atoms with Crippen LogP contribution in [-0.4, -0.2) is 35.6 Å². The number of nitrogens with zero attached hydrogens (tertiary/aromatic N) is 3. The summed E-state index contributed by atoms with van der Waals surface area (Å²) in [4.78, 5) is 0. The zero-order valence-electron chi connectivity index (χ0n) is 15.3.